The quantitative estimate of drug-likeness (QED) is 0.722. The maximum Gasteiger partial charge on any atom is 0.229 e. The van der Waals surface area contributed by atoms with Gasteiger partial charge in [-0.1, -0.05) is 36.4 Å². The normalized spacial score (nSPS) is 13.4. The number of hydrogen-bond donors (Lipinski definition) is 0. The molecule has 4 nitrogen and oxygen atoms in total. The molecule has 25 heavy (non-hydrogen) atoms. The second-order valence-electron chi connectivity index (χ2n) is 5.72. The number of fused-ring (bicyclic) bond motifs is 2. The molecule has 3 aromatic carbocycles. The van der Waals surface area contributed by atoms with Crippen LogP contribution >= 0.6 is 0 Å². The number of benzene rings is 3. The van der Waals surface area contributed by atoms with Gasteiger partial charge >= 0.3 is 0 Å². The molecule has 0 aliphatic heterocycles. The Hall–Kier alpha value is -3.40. The van der Waals surface area contributed by atoms with Gasteiger partial charge in [-0.15, -0.1) is 0 Å². The van der Waals surface area contributed by atoms with Gasteiger partial charge in [-0.2, -0.15) is 0 Å². The molecule has 122 valence electrons. The Morgan fingerprint density at radius 1 is 0.760 bits per heavy atom. The van der Waals surface area contributed by atoms with E-state index in [1.807, 2.05) is 30.3 Å². The van der Waals surface area contributed by atoms with Crippen LogP contribution in [0.2, 0.25) is 0 Å². The average Bonchev–Trinajstić information content (AvgIpc) is 2.65. The summed E-state index contributed by atoms with van der Waals surface area (Å²) in [5.74, 6) is 0.801. The molecule has 0 unspecified atom stereocenters. The maximum atomic E-state index is 12.6. The van der Waals surface area contributed by atoms with Crippen molar-refractivity contribution in [2.75, 3.05) is 7.11 Å². The number of Topliss-reactive ketones (excluding diaryl/α,β-unsaturated/α-hetero) is 1. The van der Waals surface area contributed by atoms with Crippen molar-refractivity contribution in [3.63, 3.8) is 0 Å². The van der Waals surface area contributed by atoms with E-state index in [1.54, 1.807) is 37.4 Å². The van der Waals surface area contributed by atoms with Gasteiger partial charge in [0.15, 0.2) is 11.5 Å². The van der Waals surface area contributed by atoms with E-state index in [1.165, 1.54) is 6.08 Å². The number of carbonyl (C=O) groups excluding carboxylic acids is 2. The second kappa shape index (κ2) is 5.91. The molecular formula is C21H14O4. The fourth-order valence-electron chi connectivity index (χ4n) is 2.89. The van der Waals surface area contributed by atoms with E-state index in [-0.39, 0.29) is 17.3 Å². The summed E-state index contributed by atoms with van der Waals surface area (Å²) in [5.41, 5.74) is 0.779. The lowest BCUT2D eigenvalue weighted by Gasteiger charge is -2.15. The topological polar surface area (TPSA) is 52.6 Å². The molecule has 0 aromatic heterocycles. The lowest BCUT2D eigenvalue weighted by molar-refractivity contribution is 0.0947. The van der Waals surface area contributed by atoms with Crippen molar-refractivity contribution in [2.24, 2.45) is 0 Å². The lowest BCUT2D eigenvalue weighted by Crippen LogP contribution is -2.20. The van der Waals surface area contributed by atoms with Gasteiger partial charge in [0, 0.05) is 17.2 Å². The minimum atomic E-state index is -0.287. The predicted molar refractivity (Wildman–Crippen MR) is 94.3 cm³/mol. The van der Waals surface area contributed by atoms with Gasteiger partial charge in [0.05, 0.1) is 7.11 Å². The molecule has 0 saturated heterocycles. The van der Waals surface area contributed by atoms with Crippen LogP contribution in [0.15, 0.2) is 72.5 Å². The van der Waals surface area contributed by atoms with Crippen molar-refractivity contribution in [2.45, 2.75) is 0 Å². The molecule has 0 fully saturated rings. The smallest absolute Gasteiger partial charge is 0.229 e. The van der Waals surface area contributed by atoms with Crippen molar-refractivity contribution in [3.8, 4) is 11.5 Å². The number of ketones is 2. The summed E-state index contributed by atoms with van der Waals surface area (Å²) in [6.45, 7) is 0. The van der Waals surface area contributed by atoms with Gasteiger partial charge in [-0.25, -0.2) is 0 Å². The van der Waals surface area contributed by atoms with E-state index in [9.17, 15) is 9.59 Å². The molecule has 0 heterocycles. The Morgan fingerprint density at radius 2 is 1.40 bits per heavy atom. The van der Waals surface area contributed by atoms with Crippen molar-refractivity contribution < 1.29 is 19.1 Å². The Labute approximate surface area is 144 Å². The van der Waals surface area contributed by atoms with Crippen LogP contribution in [0.25, 0.3) is 10.8 Å². The fourth-order valence-corrected chi connectivity index (χ4v) is 2.89. The molecule has 3 aromatic rings. The summed E-state index contributed by atoms with van der Waals surface area (Å²) in [6, 6.07) is 17.9. The van der Waals surface area contributed by atoms with Crippen LogP contribution in [0.3, 0.4) is 0 Å². The van der Waals surface area contributed by atoms with Gasteiger partial charge in [-0.05, 0) is 35.0 Å². The number of hydrogen-bond acceptors (Lipinski definition) is 4. The van der Waals surface area contributed by atoms with E-state index in [4.69, 9.17) is 9.47 Å². The number of allylic oxidation sites excluding steroid dienone is 2. The first kappa shape index (κ1) is 15.1. The fraction of sp³-hybridized carbons (Fsp3) is 0.0476. The molecule has 0 amide bonds. The Bertz CT molecular complexity index is 1050. The zero-order valence-corrected chi connectivity index (χ0v) is 13.5. The van der Waals surface area contributed by atoms with Crippen LogP contribution in [0.5, 0.6) is 11.5 Å². The minimum Gasteiger partial charge on any atom is -0.497 e. The summed E-state index contributed by atoms with van der Waals surface area (Å²) in [5, 5.41) is 1.95. The molecule has 0 bridgehead atoms. The van der Waals surface area contributed by atoms with E-state index < -0.39 is 0 Å². The average molecular weight is 330 g/mol. The summed E-state index contributed by atoms with van der Waals surface area (Å²) < 4.78 is 10.9. The SMILES string of the molecule is COc1ccc2cc(OC3=CC(=O)c4ccccc4C3=O)ccc2c1. The van der Waals surface area contributed by atoms with Crippen molar-refractivity contribution in [1.29, 1.82) is 0 Å². The monoisotopic (exact) mass is 330 g/mol. The number of carbonyl (C=O) groups is 2. The lowest BCUT2D eigenvalue weighted by atomic mass is 9.94. The molecule has 4 rings (SSSR count). The first-order valence-electron chi connectivity index (χ1n) is 7.81. The number of ether oxygens (including phenoxy) is 2. The molecular weight excluding hydrogens is 316 g/mol. The van der Waals surface area contributed by atoms with Gasteiger partial charge in [0.1, 0.15) is 11.5 Å². The Balaban J connectivity index is 1.67. The van der Waals surface area contributed by atoms with Crippen LogP contribution in [0.4, 0.5) is 0 Å². The zero-order valence-electron chi connectivity index (χ0n) is 13.5. The first-order chi connectivity index (χ1) is 12.2. The van der Waals surface area contributed by atoms with E-state index in [0.717, 1.165) is 16.5 Å². The van der Waals surface area contributed by atoms with Gasteiger partial charge in [-0.3, -0.25) is 9.59 Å². The number of rotatable bonds is 3. The summed E-state index contributed by atoms with van der Waals surface area (Å²) >= 11 is 0. The van der Waals surface area contributed by atoms with Crippen LogP contribution < -0.4 is 9.47 Å². The van der Waals surface area contributed by atoms with Gasteiger partial charge < -0.3 is 9.47 Å². The van der Waals surface area contributed by atoms with Crippen molar-refractivity contribution in [3.05, 3.63) is 83.6 Å². The predicted octanol–water partition coefficient (Wildman–Crippen LogP) is 4.19. The molecule has 0 atom stereocenters. The third kappa shape index (κ3) is 2.68. The van der Waals surface area contributed by atoms with Crippen LogP contribution in [0, 0.1) is 0 Å². The van der Waals surface area contributed by atoms with Crippen LogP contribution in [0.1, 0.15) is 20.7 Å². The molecule has 0 radical (unpaired) electrons. The van der Waals surface area contributed by atoms with Crippen molar-refractivity contribution >= 4 is 22.3 Å². The van der Waals surface area contributed by atoms with E-state index >= 15 is 0 Å². The first-order valence-corrected chi connectivity index (χ1v) is 7.81. The number of methoxy groups -OCH3 is 1. The highest BCUT2D eigenvalue weighted by Gasteiger charge is 2.26. The molecule has 0 saturated carbocycles. The highest BCUT2D eigenvalue weighted by atomic mass is 16.5. The standard InChI is InChI=1S/C21H14O4/c1-24-15-8-6-14-11-16(9-7-13(14)10-15)25-20-12-19(22)17-4-2-3-5-18(17)21(20)23/h2-12H,1H3. The Morgan fingerprint density at radius 3 is 2.12 bits per heavy atom. The van der Waals surface area contributed by atoms with Crippen LogP contribution in [-0.2, 0) is 0 Å². The molecule has 1 aliphatic rings. The third-order valence-corrected chi connectivity index (χ3v) is 4.17. The van der Waals surface area contributed by atoms with Crippen LogP contribution in [-0.4, -0.2) is 18.7 Å². The molecule has 0 spiro atoms. The highest BCUT2D eigenvalue weighted by molar-refractivity contribution is 6.23. The zero-order chi connectivity index (χ0) is 17.4. The Kier molecular flexibility index (Phi) is 3.58. The molecule has 4 heteroatoms. The maximum absolute atomic E-state index is 12.6. The molecule has 1 aliphatic carbocycles. The summed E-state index contributed by atoms with van der Waals surface area (Å²) in [6.07, 6.45) is 1.25. The summed E-state index contributed by atoms with van der Waals surface area (Å²) in [7, 11) is 1.62. The molecule has 0 N–H and O–H groups in total. The largest absolute Gasteiger partial charge is 0.497 e. The minimum absolute atomic E-state index is 0.0385. The van der Waals surface area contributed by atoms with Gasteiger partial charge in [0.25, 0.3) is 0 Å². The second-order valence-corrected chi connectivity index (χ2v) is 5.72. The third-order valence-electron chi connectivity index (χ3n) is 4.17. The van der Waals surface area contributed by atoms with Gasteiger partial charge in [0.2, 0.25) is 5.78 Å². The highest BCUT2D eigenvalue weighted by Crippen LogP contribution is 2.28. The van der Waals surface area contributed by atoms with Crippen molar-refractivity contribution in [1.82, 2.24) is 0 Å². The van der Waals surface area contributed by atoms with E-state index in [2.05, 4.69) is 0 Å². The summed E-state index contributed by atoms with van der Waals surface area (Å²) in [4.78, 5) is 24.7. The van der Waals surface area contributed by atoms with E-state index in [0.29, 0.717) is 16.9 Å².